The van der Waals surface area contributed by atoms with Gasteiger partial charge in [-0.25, -0.2) is 0 Å². The van der Waals surface area contributed by atoms with E-state index in [1.54, 1.807) is 0 Å². The number of unbranched alkanes of at least 4 members (excludes halogenated alkanes) is 1. The maximum Gasteiger partial charge on any atom is 0.135 e. The van der Waals surface area contributed by atoms with Crippen LogP contribution in [0.25, 0.3) is 0 Å². The fourth-order valence-electron chi connectivity index (χ4n) is 0.786. The van der Waals surface area contributed by atoms with Crippen LogP contribution < -0.4 is 4.74 Å². The Kier molecular flexibility index (Phi) is 3.95. The predicted octanol–water partition coefficient (Wildman–Crippen LogP) is 3.68. The lowest BCUT2D eigenvalue weighted by Gasteiger charge is -2.03. The first kappa shape index (κ1) is 9.40. The van der Waals surface area contributed by atoms with Gasteiger partial charge in [-0.1, -0.05) is 24.9 Å². The first-order chi connectivity index (χ1) is 5.83. The van der Waals surface area contributed by atoms with Crippen molar-refractivity contribution >= 4 is 11.6 Å². The standard InChI is InChI=1S/C10H12ClO/c1-2-3-8-12-10-6-4-9(11)5-7-10/h4-8H,2-3H2,1H3. The minimum Gasteiger partial charge on any atom is -0.487 e. The van der Waals surface area contributed by atoms with Crippen molar-refractivity contribution in [3.05, 3.63) is 35.9 Å². The number of halogens is 1. The van der Waals surface area contributed by atoms with Gasteiger partial charge in [-0.05, 0) is 30.7 Å². The number of ether oxygens (including phenoxy) is 1. The molecule has 12 heavy (non-hydrogen) atoms. The van der Waals surface area contributed by atoms with Crippen LogP contribution in [0, 0.1) is 6.61 Å². The first-order valence-electron chi connectivity index (χ1n) is 4.07. The van der Waals surface area contributed by atoms with Gasteiger partial charge in [-0.15, -0.1) is 0 Å². The molecule has 1 radical (unpaired) electrons. The molecule has 0 spiro atoms. The zero-order chi connectivity index (χ0) is 8.81. The average molecular weight is 184 g/mol. The Labute approximate surface area is 78.3 Å². The van der Waals surface area contributed by atoms with E-state index in [1.165, 1.54) is 0 Å². The molecular formula is C10H12ClO. The van der Waals surface area contributed by atoms with Gasteiger partial charge in [0.1, 0.15) is 12.4 Å². The van der Waals surface area contributed by atoms with Crippen molar-refractivity contribution in [3.63, 3.8) is 0 Å². The summed E-state index contributed by atoms with van der Waals surface area (Å²) in [4.78, 5) is 0. The van der Waals surface area contributed by atoms with Gasteiger partial charge < -0.3 is 4.74 Å². The largest absolute Gasteiger partial charge is 0.487 e. The highest BCUT2D eigenvalue weighted by atomic mass is 35.5. The third-order valence-corrected chi connectivity index (χ3v) is 1.69. The van der Waals surface area contributed by atoms with Crippen molar-refractivity contribution in [3.8, 4) is 5.75 Å². The highest BCUT2D eigenvalue weighted by molar-refractivity contribution is 6.30. The Balaban J connectivity index is 2.37. The molecule has 0 saturated heterocycles. The van der Waals surface area contributed by atoms with Gasteiger partial charge in [0.2, 0.25) is 0 Å². The van der Waals surface area contributed by atoms with Crippen LogP contribution >= 0.6 is 11.6 Å². The summed E-state index contributed by atoms with van der Waals surface area (Å²) in [6, 6.07) is 7.34. The summed E-state index contributed by atoms with van der Waals surface area (Å²) in [6.07, 6.45) is 2.08. The number of hydrogen-bond acceptors (Lipinski definition) is 1. The molecule has 0 heterocycles. The molecule has 0 amide bonds. The molecule has 0 unspecified atom stereocenters. The predicted molar refractivity (Wildman–Crippen MR) is 51.3 cm³/mol. The smallest absolute Gasteiger partial charge is 0.135 e. The molecule has 0 saturated carbocycles. The van der Waals surface area contributed by atoms with Crippen molar-refractivity contribution in [2.45, 2.75) is 19.8 Å². The van der Waals surface area contributed by atoms with Gasteiger partial charge in [-0.2, -0.15) is 0 Å². The second-order valence-corrected chi connectivity index (χ2v) is 2.96. The molecule has 0 aliphatic heterocycles. The van der Waals surface area contributed by atoms with Crippen LogP contribution in [-0.4, -0.2) is 0 Å². The van der Waals surface area contributed by atoms with Crippen LogP contribution in [0.5, 0.6) is 5.75 Å². The minimum atomic E-state index is 0.734. The second-order valence-electron chi connectivity index (χ2n) is 2.53. The maximum atomic E-state index is 5.71. The van der Waals surface area contributed by atoms with Gasteiger partial charge in [0.05, 0.1) is 0 Å². The van der Waals surface area contributed by atoms with Crippen molar-refractivity contribution in [2.75, 3.05) is 0 Å². The van der Waals surface area contributed by atoms with E-state index in [-0.39, 0.29) is 0 Å². The van der Waals surface area contributed by atoms with E-state index >= 15 is 0 Å². The van der Waals surface area contributed by atoms with Crippen LogP contribution in [0.4, 0.5) is 0 Å². The molecule has 0 fully saturated rings. The van der Waals surface area contributed by atoms with E-state index in [0.29, 0.717) is 0 Å². The number of benzene rings is 1. The third-order valence-electron chi connectivity index (χ3n) is 1.44. The zero-order valence-electron chi connectivity index (χ0n) is 7.09. The Morgan fingerprint density at radius 2 is 2.00 bits per heavy atom. The lowest BCUT2D eigenvalue weighted by molar-refractivity contribution is 0.389. The van der Waals surface area contributed by atoms with Gasteiger partial charge in [0.15, 0.2) is 0 Å². The molecule has 1 nitrogen and oxygen atoms in total. The highest BCUT2D eigenvalue weighted by Crippen LogP contribution is 2.16. The quantitative estimate of drug-likeness (QED) is 0.647. The van der Waals surface area contributed by atoms with Crippen LogP contribution in [0.3, 0.4) is 0 Å². The molecule has 0 bridgehead atoms. The van der Waals surface area contributed by atoms with E-state index in [1.807, 2.05) is 30.9 Å². The molecule has 0 atom stereocenters. The van der Waals surface area contributed by atoms with E-state index in [0.717, 1.165) is 23.6 Å². The van der Waals surface area contributed by atoms with Crippen molar-refractivity contribution in [2.24, 2.45) is 0 Å². The lowest BCUT2D eigenvalue weighted by Crippen LogP contribution is -1.88. The van der Waals surface area contributed by atoms with E-state index in [4.69, 9.17) is 16.3 Å². The van der Waals surface area contributed by atoms with Gasteiger partial charge >= 0.3 is 0 Å². The molecule has 1 aromatic rings. The Morgan fingerprint density at radius 1 is 1.33 bits per heavy atom. The molecule has 65 valence electrons. The molecular weight excluding hydrogens is 172 g/mol. The van der Waals surface area contributed by atoms with Crippen molar-refractivity contribution in [1.29, 1.82) is 0 Å². The fourth-order valence-corrected chi connectivity index (χ4v) is 0.912. The zero-order valence-corrected chi connectivity index (χ0v) is 7.84. The van der Waals surface area contributed by atoms with Crippen LogP contribution in [0.2, 0.25) is 5.02 Å². The Morgan fingerprint density at radius 3 is 2.58 bits per heavy atom. The van der Waals surface area contributed by atoms with Gasteiger partial charge in [0, 0.05) is 5.02 Å². The molecule has 1 aromatic carbocycles. The third kappa shape index (κ3) is 3.14. The number of hydrogen-bond donors (Lipinski definition) is 0. The monoisotopic (exact) mass is 183 g/mol. The Hall–Kier alpha value is -0.690. The fraction of sp³-hybridized carbons (Fsp3) is 0.300. The summed E-state index contributed by atoms with van der Waals surface area (Å²) >= 11 is 5.71. The van der Waals surface area contributed by atoms with Crippen molar-refractivity contribution < 1.29 is 4.74 Å². The normalized spacial score (nSPS) is 9.83. The molecule has 0 aliphatic rings. The topological polar surface area (TPSA) is 9.23 Å². The summed E-state index contributed by atoms with van der Waals surface area (Å²) in [7, 11) is 0. The van der Waals surface area contributed by atoms with Crippen LogP contribution in [-0.2, 0) is 0 Å². The maximum absolute atomic E-state index is 5.71. The van der Waals surface area contributed by atoms with E-state index < -0.39 is 0 Å². The number of rotatable bonds is 4. The first-order valence-corrected chi connectivity index (χ1v) is 4.44. The van der Waals surface area contributed by atoms with Gasteiger partial charge in [-0.3, -0.25) is 0 Å². The summed E-state index contributed by atoms with van der Waals surface area (Å²) in [5.41, 5.74) is 0. The summed E-state index contributed by atoms with van der Waals surface area (Å²) in [5.74, 6) is 0.841. The molecule has 2 heteroatoms. The summed E-state index contributed by atoms with van der Waals surface area (Å²) in [5, 5.41) is 0.734. The summed E-state index contributed by atoms with van der Waals surface area (Å²) in [6.45, 7) is 3.92. The van der Waals surface area contributed by atoms with Crippen LogP contribution in [0.1, 0.15) is 19.8 Å². The highest BCUT2D eigenvalue weighted by Gasteiger charge is 1.92. The second kappa shape index (κ2) is 5.04. The van der Waals surface area contributed by atoms with E-state index in [9.17, 15) is 0 Å². The van der Waals surface area contributed by atoms with Crippen molar-refractivity contribution in [1.82, 2.24) is 0 Å². The molecule has 0 N–H and O–H groups in total. The van der Waals surface area contributed by atoms with Gasteiger partial charge in [0.25, 0.3) is 0 Å². The molecule has 0 aliphatic carbocycles. The molecule has 0 aromatic heterocycles. The van der Waals surface area contributed by atoms with Crippen LogP contribution in [0.15, 0.2) is 24.3 Å². The SMILES string of the molecule is CCC[CH]Oc1ccc(Cl)cc1. The summed E-state index contributed by atoms with van der Waals surface area (Å²) < 4.78 is 5.32. The Bertz CT molecular complexity index is 218. The van der Waals surface area contributed by atoms with E-state index in [2.05, 4.69) is 6.92 Å². The average Bonchev–Trinajstić information content (AvgIpc) is 2.09. The minimum absolute atomic E-state index is 0.734. The lowest BCUT2D eigenvalue weighted by atomic mass is 10.3. The molecule has 1 rings (SSSR count).